The number of halogens is 2. The summed E-state index contributed by atoms with van der Waals surface area (Å²) in [5.74, 6) is -1.10. The third kappa shape index (κ3) is 7.45. The molecule has 1 N–H and O–H groups in total. The van der Waals surface area contributed by atoms with Gasteiger partial charge in [0.2, 0.25) is 0 Å². The Hall–Kier alpha value is -3.89. The van der Waals surface area contributed by atoms with Crippen molar-refractivity contribution in [1.29, 1.82) is 0 Å². The second-order valence-electron chi connectivity index (χ2n) is 8.82. The van der Waals surface area contributed by atoms with Crippen molar-refractivity contribution in [2.45, 2.75) is 27.4 Å². The highest BCUT2D eigenvalue weighted by molar-refractivity contribution is 9.10. The Kier molecular flexibility index (Phi) is 10.0. The fraction of sp³-hybridized carbons (Fsp3) is 0.194. The van der Waals surface area contributed by atoms with E-state index in [0.717, 1.165) is 22.9 Å². The summed E-state index contributed by atoms with van der Waals surface area (Å²) in [6, 6.07) is 16.4. The molecule has 3 aromatic carbocycles. The molecule has 41 heavy (non-hydrogen) atoms. The molecule has 1 heterocycles. The monoisotopic (exact) mass is 639 g/mol. The molecule has 0 fully saturated rings. The van der Waals surface area contributed by atoms with Crippen LogP contribution in [0.4, 0.5) is 4.39 Å². The van der Waals surface area contributed by atoms with Gasteiger partial charge >= 0.3 is 5.97 Å². The van der Waals surface area contributed by atoms with Crippen LogP contribution in [-0.2, 0) is 16.1 Å². The molecule has 0 aromatic heterocycles. The maximum Gasteiger partial charge on any atom is 0.344 e. The van der Waals surface area contributed by atoms with E-state index in [2.05, 4.69) is 20.9 Å². The van der Waals surface area contributed by atoms with Crippen molar-refractivity contribution < 1.29 is 33.3 Å². The molecule has 0 spiro atoms. The summed E-state index contributed by atoms with van der Waals surface area (Å²) in [7, 11) is 0. The number of thioether (sulfide) groups is 1. The van der Waals surface area contributed by atoms with Gasteiger partial charge in [0.25, 0.3) is 5.91 Å². The molecule has 0 bridgehead atoms. The SMILES string of the molecule is CCOC(=O)C1=C(O)/C(=C/c2cc(Br)c(OCc3ccc(F)cc3)c(OCC)c2)SC1=NC(=O)c1ccc(C)cc1. The van der Waals surface area contributed by atoms with E-state index in [1.807, 2.05) is 13.8 Å². The van der Waals surface area contributed by atoms with Crippen LogP contribution in [0.2, 0.25) is 0 Å². The molecule has 0 radical (unpaired) electrons. The summed E-state index contributed by atoms with van der Waals surface area (Å²) in [6.07, 6.45) is 1.65. The number of aryl methyl sites for hydroxylation is 1. The van der Waals surface area contributed by atoms with Gasteiger partial charge in [-0.05, 0) is 90.3 Å². The van der Waals surface area contributed by atoms with Crippen molar-refractivity contribution in [3.8, 4) is 11.5 Å². The van der Waals surface area contributed by atoms with Crippen molar-refractivity contribution in [3.05, 3.63) is 109 Å². The van der Waals surface area contributed by atoms with Crippen LogP contribution in [0.3, 0.4) is 0 Å². The first kappa shape index (κ1) is 30.1. The summed E-state index contributed by atoms with van der Waals surface area (Å²) in [6.45, 7) is 6.03. The van der Waals surface area contributed by atoms with Crippen LogP contribution < -0.4 is 9.47 Å². The van der Waals surface area contributed by atoms with E-state index >= 15 is 0 Å². The van der Waals surface area contributed by atoms with Crippen LogP contribution in [0, 0.1) is 12.7 Å². The lowest BCUT2D eigenvalue weighted by Gasteiger charge is -2.15. The van der Waals surface area contributed by atoms with E-state index < -0.39 is 11.9 Å². The van der Waals surface area contributed by atoms with Gasteiger partial charge in [0.15, 0.2) is 11.5 Å². The van der Waals surface area contributed by atoms with Crippen molar-refractivity contribution >= 4 is 50.7 Å². The standard InChI is InChI=1S/C31H27BrFNO6S/c1-4-38-24-15-20(14-23(32)28(24)40-17-19-8-12-22(33)13-9-19)16-25-27(35)26(31(37)39-5-2)30(41-25)34-29(36)21-10-6-18(3)7-11-21/h6-16,35H,4-5,17H2,1-3H3/b25-16-,34-30?. The number of amides is 1. The lowest BCUT2D eigenvalue weighted by molar-refractivity contribution is -0.138. The molecular weight excluding hydrogens is 613 g/mol. The van der Waals surface area contributed by atoms with Crippen LogP contribution in [-0.4, -0.2) is 35.2 Å². The van der Waals surface area contributed by atoms with Gasteiger partial charge < -0.3 is 19.3 Å². The van der Waals surface area contributed by atoms with Crippen LogP contribution in [0.25, 0.3) is 6.08 Å². The predicted octanol–water partition coefficient (Wildman–Crippen LogP) is 7.58. The van der Waals surface area contributed by atoms with Crippen LogP contribution in [0.5, 0.6) is 11.5 Å². The Morgan fingerprint density at radius 1 is 1.02 bits per heavy atom. The third-order valence-corrected chi connectivity index (χ3v) is 7.41. The number of aliphatic hydroxyl groups excluding tert-OH is 1. The molecule has 7 nitrogen and oxygen atoms in total. The fourth-order valence-corrected chi connectivity index (χ4v) is 5.39. The Bertz CT molecular complexity index is 1550. The molecule has 4 rings (SSSR count). The fourth-order valence-electron chi connectivity index (χ4n) is 3.81. The van der Waals surface area contributed by atoms with Gasteiger partial charge in [-0.1, -0.05) is 41.6 Å². The molecule has 1 aliphatic rings. The topological polar surface area (TPSA) is 94.4 Å². The number of nitrogens with zero attached hydrogens (tertiary/aromatic N) is 1. The number of rotatable bonds is 9. The van der Waals surface area contributed by atoms with Crippen LogP contribution in [0.1, 0.15) is 40.9 Å². The van der Waals surface area contributed by atoms with Gasteiger partial charge in [-0.15, -0.1) is 0 Å². The molecule has 10 heteroatoms. The Morgan fingerprint density at radius 2 is 1.73 bits per heavy atom. The minimum atomic E-state index is -0.780. The molecule has 0 saturated carbocycles. The highest BCUT2D eigenvalue weighted by atomic mass is 79.9. The Morgan fingerprint density at radius 3 is 2.39 bits per heavy atom. The predicted molar refractivity (Wildman–Crippen MR) is 161 cm³/mol. The summed E-state index contributed by atoms with van der Waals surface area (Å²) >= 11 is 4.52. The van der Waals surface area contributed by atoms with E-state index in [1.54, 1.807) is 61.5 Å². The number of ether oxygens (including phenoxy) is 3. The van der Waals surface area contributed by atoms with Crippen LogP contribution >= 0.6 is 27.7 Å². The first-order valence-corrected chi connectivity index (χ1v) is 14.3. The highest BCUT2D eigenvalue weighted by Gasteiger charge is 2.34. The summed E-state index contributed by atoms with van der Waals surface area (Å²) < 4.78 is 30.8. The molecule has 1 aliphatic heterocycles. The largest absolute Gasteiger partial charge is 0.506 e. The molecule has 1 amide bonds. The van der Waals surface area contributed by atoms with E-state index in [-0.39, 0.29) is 35.4 Å². The number of hydrogen-bond donors (Lipinski definition) is 1. The lowest BCUT2D eigenvalue weighted by Crippen LogP contribution is -2.14. The number of esters is 1. The molecule has 3 aromatic rings. The normalized spacial score (nSPS) is 15.0. The van der Waals surface area contributed by atoms with Crippen molar-refractivity contribution in [2.75, 3.05) is 13.2 Å². The van der Waals surface area contributed by atoms with Crippen molar-refractivity contribution in [1.82, 2.24) is 0 Å². The first-order valence-electron chi connectivity index (χ1n) is 12.7. The number of aliphatic hydroxyl groups is 1. The zero-order valence-corrected chi connectivity index (χ0v) is 25.0. The maximum atomic E-state index is 13.3. The third-order valence-electron chi connectivity index (χ3n) is 5.80. The maximum absolute atomic E-state index is 13.3. The average Bonchev–Trinajstić information content (AvgIpc) is 3.23. The first-order chi connectivity index (χ1) is 19.7. The number of carbonyl (C=O) groups excluding carboxylic acids is 2. The second kappa shape index (κ2) is 13.6. The number of benzene rings is 3. The van der Waals surface area contributed by atoms with Gasteiger partial charge in [0.05, 0.1) is 22.6 Å². The summed E-state index contributed by atoms with van der Waals surface area (Å²) in [4.78, 5) is 30.0. The van der Waals surface area contributed by atoms with Crippen LogP contribution in [0.15, 0.2) is 86.4 Å². The number of carbonyl (C=O) groups is 2. The van der Waals surface area contributed by atoms with Crippen molar-refractivity contribution in [3.63, 3.8) is 0 Å². The van der Waals surface area contributed by atoms with Gasteiger partial charge in [-0.25, -0.2) is 14.2 Å². The highest BCUT2D eigenvalue weighted by Crippen LogP contribution is 2.42. The molecule has 0 saturated heterocycles. The lowest BCUT2D eigenvalue weighted by atomic mass is 10.1. The van der Waals surface area contributed by atoms with E-state index in [1.165, 1.54) is 12.1 Å². The quantitative estimate of drug-likeness (QED) is 0.241. The second-order valence-corrected chi connectivity index (χ2v) is 10.7. The molecule has 0 unspecified atom stereocenters. The van der Waals surface area contributed by atoms with E-state index in [4.69, 9.17) is 14.2 Å². The Balaban J connectivity index is 1.67. The van der Waals surface area contributed by atoms with Gasteiger partial charge in [-0.2, -0.15) is 0 Å². The zero-order chi connectivity index (χ0) is 29.5. The summed E-state index contributed by atoms with van der Waals surface area (Å²) in [5.41, 5.74) is 2.57. The van der Waals surface area contributed by atoms with Gasteiger partial charge in [0.1, 0.15) is 28.8 Å². The summed E-state index contributed by atoms with van der Waals surface area (Å²) in [5, 5.41) is 11.1. The zero-order valence-electron chi connectivity index (χ0n) is 22.6. The average molecular weight is 641 g/mol. The Labute approximate surface area is 249 Å². The molecule has 0 atom stereocenters. The number of aliphatic imine (C=N–C) groups is 1. The number of hydrogen-bond acceptors (Lipinski definition) is 7. The molecular formula is C31H27BrFNO6S. The minimum Gasteiger partial charge on any atom is -0.506 e. The van der Waals surface area contributed by atoms with Gasteiger partial charge in [0, 0.05) is 5.56 Å². The van der Waals surface area contributed by atoms with E-state index in [9.17, 15) is 19.1 Å². The molecule has 0 aliphatic carbocycles. The van der Waals surface area contributed by atoms with Gasteiger partial charge in [-0.3, -0.25) is 4.79 Å². The smallest absolute Gasteiger partial charge is 0.344 e. The van der Waals surface area contributed by atoms with E-state index in [0.29, 0.717) is 38.6 Å². The minimum absolute atomic E-state index is 0.0427. The van der Waals surface area contributed by atoms with Crippen molar-refractivity contribution in [2.24, 2.45) is 4.99 Å². The molecule has 212 valence electrons.